The standard InChI is InChI=1S/C15H26N2O3S2/c1-15(2,3)20-14(19)16-12-5-4-11(10-12)13(18)17-6-8-21-22-9-7-17/h11-12H,4-10H2,1-3H3,(H,16,19). The summed E-state index contributed by atoms with van der Waals surface area (Å²) in [6.45, 7) is 7.24. The smallest absolute Gasteiger partial charge is 0.407 e. The molecule has 0 aromatic carbocycles. The summed E-state index contributed by atoms with van der Waals surface area (Å²) >= 11 is 0. The molecule has 2 amide bonds. The zero-order valence-electron chi connectivity index (χ0n) is 13.6. The van der Waals surface area contributed by atoms with Gasteiger partial charge in [0.15, 0.2) is 0 Å². The van der Waals surface area contributed by atoms with Gasteiger partial charge in [-0.15, -0.1) is 0 Å². The van der Waals surface area contributed by atoms with Crippen LogP contribution in [0.3, 0.4) is 0 Å². The number of nitrogens with zero attached hydrogens (tertiary/aromatic N) is 1. The lowest BCUT2D eigenvalue weighted by Crippen LogP contribution is -2.40. The quantitative estimate of drug-likeness (QED) is 0.779. The molecule has 1 heterocycles. The Kier molecular flexibility index (Phi) is 6.32. The summed E-state index contributed by atoms with van der Waals surface area (Å²) < 4.78 is 5.28. The molecule has 0 radical (unpaired) electrons. The normalized spacial score (nSPS) is 26.4. The van der Waals surface area contributed by atoms with Crippen molar-refractivity contribution in [2.45, 2.75) is 51.7 Å². The molecule has 1 saturated carbocycles. The molecule has 7 heteroatoms. The van der Waals surface area contributed by atoms with E-state index in [9.17, 15) is 9.59 Å². The van der Waals surface area contributed by atoms with Gasteiger partial charge in [0, 0.05) is 36.6 Å². The first-order chi connectivity index (χ1) is 10.3. The predicted octanol–water partition coefficient (Wildman–Crippen LogP) is 2.90. The van der Waals surface area contributed by atoms with Crippen LogP contribution < -0.4 is 5.32 Å². The fourth-order valence-electron chi connectivity index (χ4n) is 2.81. The molecule has 0 bridgehead atoms. The number of hydrogen-bond acceptors (Lipinski definition) is 5. The van der Waals surface area contributed by atoms with Crippen LogP contribution in [-0.4, -0.2) is 53.1 Å². The molecule has 1 aliphatic carbocycles. The van der Waals surface area contributed by atoms with Crippen molar-refractivity contribution >= 4 is 33.6 Å². The van der Waals surface area contributed by atoms with Gasteiger partial charge >= 0.3 is 6.09 Å². The summed E-state index contributed by atoms with van der Waals surface area (Å²) in [7, 11) is 3.69. The average Bonchev–Trinajstić information content (AvgIpc) is 2.70. The molecule has 1 saturated heterocycles. The van der Waals surface area contributed by atoms with Crippen LogP contribution in [0.1, 0.15) is 40.0 Å². The van der Waals surface area contributed by atoms with Gasteiger partial charge in [-0.3, -0.25) is 4.79 Å². The third-order valence-electron chi connectivity index (χ3n) is 3.79. The highest BCUT2D eigenvalue weighted by Crippen LogP contribution is 2.30. The number of ether oxygens (including phenoxy) is 1. The second-order valence-electron chi connectivity index (χ2n) is 6.82. The van der Waals surface area contributed by atoms with Gasteiger partial charge in [0.1, 0.15) is 5.60 Å². The Morgan fingerprint density at radius 3 is 2.36 bits per heavy atom. The monoisotopic (exact) mass is 346 g/mol. The van der Waals surface area contributed by atoms with Crippen LogP contribution in [0.25, 0.3) is 0 Å². The zero-order valence-corrected chi connectivity index (χ0v) is 15.2. The van der Waals surface area contributed by atoms with Crippen molar-refractivity contribution in [2.75, 3.05) is 24.6 Å². The maximum atomic E-state index is 12.6. The third kappa shape index (κ3) is 5.57. The number of carbonyl (C=O) groups excluding carboxylic acids is 2. The molecule has 0 spiro atoms. The minimum Gasteiger partial charge on any atom is -0.444 e. The van der Waals surface area contributed by atoms with Gasteiger partial charge in [-0.05, 0) is 40.0 Å². The van der Waals surface area contributed by atoms with E-state index in [0.717, 1.165) is 43.9 Å². The molecule has 22 heavy (non-hydrogen) atoms. The molecule has 1 N–H and O–H groups in total. The number of amides is 2. The van der Waals surface area contributed by atoms with Gasteiger partial charge in [-0.2, -0.15) is 0 Å². The fraction of sp³-hybridized carbons (Fsp3) is 0.867. The van der Waals surface area contributed by atoms with Crippen molar-refractivity contribution in [3.63, 3.8) is 0 Å². The van der Waals surface area contributed by atoms with Crippen LogP contribution >= 0.6 is 21.6 Å². The first-order valence-corrected chi connectivity index (χ1v) is 10.4. The van der Waals surface area contributed by atoms with Gasteiger partial charge in [0.25, 0.3) is 0 Å². The van der Waals surface area contributed by atoms with E-state index in [1.54, 1.807) is 0 Å². The zero-order chi connectivity index (χ0) is 16.2. The van der Waals surface area contributed by atoms with Gasteiger partial charge < -0.3 is 15.0 Å². The Hall–Kier alpha value is -0.560. The van der Waals surface area contributed by atoms with Crippen molar-refractivity contribution < 1.29 is 14.3 Å². The summed E-state index contributed by atoms with van der Waals surface area (Å²) in [4.78, 5) is 26.4. The molecule has 2 fully saturated rings. The average molecular weight is 347 g/mol. The number of hydrogen-bond donors (Lipinski definition) is 1. The highest BCUT2D eigenvalue weighted by Gasteiger charge is 2.34. The molecular formula is C15H26N2O3S2. The Bertz CT molecular complexity index is 404. The van der Waals surface area contributed by atoms with Crippen molar-refractivity contribution in [3.05, 3.63) is 0 Å². The molecule has 126 valence electrons. The largest absolute Gasteiger partial charge is 0.444 e. The number of alkyl carbamates (subject to hydrolysis) is 1. The van der Waals surface area contributed by atoms with Crippen LogP contribution in [0.2, 0.25) is 0 Å². The van der Waals surface area contributed by atoms with E-state index >= 15 is 0 Å². The summed E-state index contributed by atoms with van der Waals surface area (Å²) in [6, 6.07) is 0.0551. The van der Waals surface area contributed by atoms with Gasteiger partial charge in [0.05, 0.1) is 0 Å². The molecule has 2 atom stereocenters. The highest BCUT2D eigenvalue weighted by molar-refractivity contribution is 8.76. The minimum absolute atomic E-state index is 0.0491. The maximum absolute atomic E-state index is 12.6. The first kappa shape index (κ1) is 17.8. The summed E-state index contributed by atoms with van der Waals surface area (Å²) in [5, 5.41) is 2.90. The Morgan fingerprint density at radius 1 is 1.14 bits per heavy atom. The lowest BCUT2D eigenvalue weighted by molar-refractivity contribution is -0.134. The fourth-order valence-corrected chi connectivity index (χ4v) is 4.79. The Labute approximate surface area is 140 Å². The topological polar surface area (TPSA) is 58.6 Å². The second-order valence-corrected chi connectivity index (χ2v) is 9.52. The first-order valence-electron chi connectivity index (χ1n) is 7.88. The molecule has 2 aliphatic rings. The summed E-state index contributed by atoms with van der Waals surface area (Å²) in [5.74, 6) is 2.32. The summed E-state index contributed by atoms with van der Waals surface area (Å²) in [5.41, 5.74) is -0.487. The molecule has 2 rings (SSSR count). The molecule has 0 aromatic rings. The van der Waals surface area contributed by atoms with E-state index < -0.39 is 5.60 Å². The van der Waals surface area contributed by atoms with Crippen LogP contribution in [0.4, 0.5) is 4.79 Å². The Balaban J connectivity index is 1.79. The predicted molar refractivity (Wildman–Crippen MR) is 92.0 cm³/mol. The van der Waals surface area contributed by atoms with Crippen LogP contribution in [-0.2, 0) is 9.53 Å². The van der Waals surface area contributed by atoms with E-state index in [1.807, 2.05) is 47.3 Å². The number of rotatable bonds is 2. The van der Waals surface area contributed by atoms with E-state index in [-0.39, 0.29) is 24.0 Å². The minimum atomic E-state index is -0.487. The lowest BCUT2D eigenvalue weighted by atomic mass is 10.1. The Morgan fingerprint density at radius 2 is 1.77 bits per heavy atom. The maximum Gasteiger partial charge on any atom is 0.407 e. The number of nitrogens with one attached hydrogen (secondary N) is 1. The van der Waals surface area contributed by atoms with E-state index in [4.69, 9.17) is 4.74 Å². The van der Waals surface area contributed by atoms with E-state index in [2.05, 4.69) is 5.32 Å². The second kappa shape index (κ2) is 7.81. The third-order valence-corrected chi connectivity index (χ3v) is 6.15. The molecule has 2 unspecified atom stereocenters. The van der Waals surface area contributed by atoms with Crippen molar-refractivity contribution in [2.24, 2.45) is 5.92 Å². The SMILES string of the molecule is CC(C)(C)OC(=O)NC1CCC(C(=O)N2CCSSCC2)C1. The van der Waals surface area contributed by atoms with Gasteiger partial charge in [-0.25, -0.2) is 4.79 Å². The van der Waals surface area contributed by atoms with E-state index in [1.165, 1.54) is 0 Å². The molecule has 5 nitrogen and oxygen atoms in total. The number of carbonyl (C=O) groups is 2. The van der Waals surface area contributed by atoms with E-state index in [0.29, 0.717) is 0 Å². The highest BCUT2D eigenvalue weighted by atomic mass is 33.1. The molecule has 1 aliphatic heterocycles. The van der Waals surface area contributed by atoms with Crippen molar-refractivity contribution in [1.29, 1.82) is 0 Å². The molecule has 0 aromatic heterocycles. The summed E-state index contributed by atoms with van der Waals surface area (Å²) in [6.07, 6.45) is 2.06. The van der Waals surface area contributed by atoms with Crippen LogP contribution in [0.15, 0.2) is 0 Å². The lowest BCUT2D eigenvalue weighted by Gasteiger charge is -2.24. The van der Waals surface area contributed by atoms with Crippen LogP contribution in [0, 0.1) is 5.92 Å². The van der Waals surface area contributed by atoms with Crippen LogP contribution in [0.5, 0.6) is 0 Å². The van der Waals surface area contributed by atoms with Gasteiger partial charge in [0.2, 0.25) is 5.91 Å². The van der Waals surface area contributed by atoms with Crippen molar-refractivity contribution in [1.82, 2.24) is 10.2 Å². The van der Waals surface area contributed by atoms with Crippen molar-refractivity contribution in [3.8, 4) is 0 Å². The van der Waals surface area contributed by atoms with Gasteiger partial charge in [-0.1, -0.05) is 21.6 Å². The molecular weight excluding hydrogens is 320 g/mol.